The van der Waals surface area contributed by atoms with E-state index in [2.05, 4.69) is 6.07 Å². The van der Waals surface area contributed by atoms with Crippen LogP contribution in [0.2, 0.25) is 0 Å². The van der Waals surface area contributed by atoms with E-state index in [0.717, 1.165) is 16.0 Å². The molecule has 0 aliphatic heterocycles. The Morgan fingerprint density at radius 2 is 1.84 bits per heavy atom. The Labute approximate surface area is 118 Å². The van der Waals surface area contributed by atoms with Gasteiger partial charge in [-0.15, -0.1) is 11.8 Å². The van der Waals surface area contributed by atoms with E-state index in [1.54, 1.807) is 11.8 Å². The van der Waals surface area contributed by atoms with Gasteiger partial charge < -0.3 is 10.8 Å². The van der Waals surface area contributed by atoms with E-state index in [1.165, 1.54) is 0 Å². The molecule has 1 atom stereocenters. The lowest BCUT2D eigenvalue weighted by atomic mass is 9.99. The van der Waals surface area contributed by atoms with Gasteiger partial charge in [-0.2, -0.15) is 0 Å². The van der Waals surface area contributed by atoms with Crippen molar-refractivity contribution in [3.8, 4) is 0 Å². The number of benzene rings is 2. The summed E-state index contributed by atoms with van der Waals surface area (Å²) in [5.74, 6) is 0.616. The lowest BCUT2D eigenvalue weighted by Gasteiger charge is -2.23. The summed E-state index contributed by atoms with van der Waals surface area (Å²) in [6, 6.07) is 17.9. The minimum absolute atomic E-state index is 0.545. The SMILES string of the molecule is CC(O)(CSc1cccc(CN)c1)c1ccccc1. The zero-order valence-corrected chi connectivity index (χ0v) is 11.9. The van der Waals surface area contributed by atoms with Crippen LogP contribution in [-0.4, -0.2) is 10.9 Å². The normalized spacial score (nSPS) is 14.1. The van der Waals surface area contributed by atoms with Crippen LogP contribution < -0.4 is 5.73 Å². The van der Waals surface area contributed by atoms with Gasteiger partial charge in [0, 0.05) is 17.2 Å². The molecule has 2 nitrogen and oxygen atoms in total. The number of nitrogens with two attached hydrogens (primary N) is 1. The number of thioether (sulfide) groups is 1. The molecule has 0 aliphatic rings. The van der Waals surface area contributed by atoms with Crippen molar-refractivity contribution in [3.05, 3.63) is 65.7 Å². The Hall–Kier alpha value is -1.29. The van der Waals surface area contributed by atoms with Crippen molar-refractivity contribution in [3.63, 3.8) is 0 Å². The molecule has 0 aromatic heterocycles. The maximum atomic E-state index is 10.5. The minimum Gasteiger partial charge on any atom is -0.385 e. The Balaban J connectivity index is 2.05. The molecule has 3 N–H and O–H groups in total. The highest BCUT2D eigenvalue weighted by Crippen LogP contribution is 2.29. The predicted molar refractivity (Wildman–Crippen MR) is 81.1 cm³/mol. The van der Waals surface area contributed by atoms with E-state index in [1.807, 2.05) is 55.5 Å². The molecule has 19 heavy (non-hydrogen) atoms. The predicted octanol–water partition coefficient (Wildman–Crippen LogP) is 3.15. The maximum Gasteiger partial charge on any atom is 0.0962 e. The van der Waals surface area contributed by atoms with E-state index >= 15 is 0 Å². The summed E-state index contributed by atoms with van der Waals surface area (Å²) < 4.78 is 0. The lowest BCUT2D eigenvalue weighted by Crippen LogP contribution is -2.24. The van der Waals surface area contributed by atoms with Gasteiger partial charge in [0.2, 0.25) is 0 Å². The van der Waals surface area contributed by atoms with Gasteiger partial charge in [-0.05, 0) is 30.2 Å². The first-order valence-electron chi connectivity index (χ1n) is 6.31. The summed E-state index contributed by atoms with van der Waals surface area (Å²) in [5, 5.41) is 10.5. The van der Waals surface area contributed by atoms with Crippen molar-refractivity contribution in [1.29, 1.82) is 0 Å². The molecular formula is C16H19NOS. The Bertz CT molecular complexity index is 525. The standard InChI is InChI=1S/C16H19NOS/c1-16(18,14-7-3-2-4-8-14)12-19-15-9-5-6-13(10-15)11-17/h2-10,18H,11-12,17H2,1H3. The van der Waals surface area contributed by atoms with Crippen molar-refractivity contribution in [2.75, 3.05) is 5.75 Å². The fraction of sp³-hybridized carbons (Fsp3) is 0.250. The molecule has 0 fully saturated rings. The second-order valence-corrected chi connectivity index (χ2v) is 5.83. The number of hydrogen-bond acceptors (Lipinski definition) is 3. The zero-order chi connectivity index (χ0) is 13.7. The van der Waals surface area contributed by atoms with E-state index < -0.39 is 5.60 Å². The molecule has 0 saturated heterocycles. The molecule has 2 aromatic rings. The molecule has 0 spiro atoms. The molecule has 0 amide bonds. The van der Waals surface area contributed by atoms with Crippen LogP contribution in [-0.2, 0) is 12.1 Å². The molecule has 2 aromatic carbocycles. The summed E-state index contributed by atoms with van der Waals surface area (Å²) >= 11 is 1.65. The molecule has 1 unspecified atom stereocenters. The van der Waals surface area contributed by atoms with Gasteiger partial charge in [0.15, 0.2) is 0 Å². The Morgan fingerprint density at radius 3 is 2.53 bits per heavy atom. The first-order chi connectivity index (χ1) is 9.12. The van der Waals surface area contributed by atoms with Crippen molar-refractivity contribution >= 4 is 11.8 Å². The lowest BCUT2D eigenvalue weighted by molar-refractivity contribution is 0.0839. The molecule has 100 valence electrons. The molecule has 0 heterocycles. The van der Waals surface area contributed by atoms with Crippen LogP contribution in [0, 0.1) is 0 Å². The average molecular weight is 273 g/mol. The van der Waals surface area contributed by atoms with Crippen LogP contribution in [0.3, 0.4) is 0 Å². The first-order valence-corrected chi connectivity index (χ1v) is 7.30. The van der Waals surface area contributed by atoms with Crippen LogP contribution >= 0.6 is 11.8 Å². The van der Waals surface area contributed by atoms with Crippen LogP contribution in [0.1, 0.15) is 18.1 Å². The second kappa shape index (κ2) is 6.24. The van der Waals surface area contributed by atoms with Gasteiger partial charge in [0.05, 0.1) is 5.60 Å². The van der Waals surface area contributed by atoms with Gasteiger partial charge in [0.1, 0.15) is 0 Å². The summed E-state index contributed by atoms with van der Waals surface area (Å²) in [6.07, 6.45) is 0. The van der Waals surface area contributed by atoms with E-state index in [4.69, 9.17) is 5.73 Å². The zero-order valence-electron chi connectivity index (χ0n) is 11.0. The van der Waals surface area contributed by atoms with Crippen molar-refractivity contribution in [2.45, 2.75) is 24.0 Å². The highest BCUT2D eigenvalue weighted by atomic mass is 32.2. The molecule has 3 heteroatoms. The fourth-order valence-electron chi connectivity index (χ4n) is 1.87. The minimum atomic E-state index is -0.829. The van der Waals surface area contributed by atoms with Crippen molar-refractivity contribution in [1.82, 2.24) is 0 Å². The quantitative estimate of drug-likeness (QED) is 0.823. The largest absolute Gasteiger partial charge is 0.385 e. The van der Waals surface area contributed by atoms with E-state index in [-0.39, 0.29) is 0 Å². The maximum absolute atomic E-state index is 10.5. The highest BCUT2D eigenvalue weighted by Gasteiger charge is 2.22. The molecule has 0 aliphatic carbocycles. The van der Waals surface area contributed by atoms with Gasteiger partial charge in [-0.3, -0.25) is 0 Å². The first kappa shape index (κ1) is 14.1. The monoisotopic (exact) mass is 273 g/mol. The van der Waals surface area contributed by atoms with Crippen LogP contribution in [0.15, 0.2) is 59.5 Å². The third-order valence-electron chi connectivity index (χ3n) is 3.05. The summed E-state index contributed by atoms with van der Waals surface area (Å²) in [5.41, 5.74) is 6.86. The van der Waals surface area contributed by atoms with Gasteiger partial charge in [0.25, 0.3) is 0 Å². The number of hydrogen-bond donors (Lipinski definition) is 2. The number of aliphatic hydroxyl groups is 1. The van der Waals surface area contributed by atoms with E-state index in [9.17, 15) is 5.11 Å². The third kappa shape index (κ3) is 3.83. The molecule has 2 rings (SSSR count). The Kier molecular flexibility index (Phi) is 4.64. The van der Waals surface area contributed by atoms with Crippen LogP contribution in [0.4, 0.5) is 0 Å². The van der Waals surface area contributed by atoms with Crippen LogP contribution in [0.25, 0.3) is 0 Å². The smallest absolute Gasteiger partial charge is 0.0962 e. The molecule has 0 radical (unpaired) electrons. The van der Waals surface area contributed by atoms with Gasteiger partial charge >= 0.3 is 0 Å². The van der Waals surface area contributed by atoms with Crippen molar-refractivity contribution < 1.29 is 5.11 Å². The fourth-order valence-corrected chi connectivity index (χ4v) is 2.89. The Morgan fingerprint density at radius 1 is 1.11 bits per heavy atom. The third-order valence-corrected chi connectivity index (χ3v) is 4.34. The van der Waals surface area contributed by atoms with Crippen LogP contribution in [0.5, 0.6) is 0 Å². The van der Waals surface area contributed by atoms with E-state index in [0.29, 0.717) is 12.3 Å². The molecular weight excluding hydrogens is 254 g/mol. The summed E-state index contributed by atoms with van der Waals surface area (Å²) in [4.78, 5) is 1.14. The second-order valence-electron chi connectivity index (χ2n) is 4.78. The number of rotatable bonds is 5. The summed E-state index contributed by atoms with van der Waals surface area (Å²) in [7, 11) is 0. The summed E-state index contributed by atoms with van der Waals surface area (Å²) in [6.45, 7) is 2.39. The highest BCUT2D eigenvalue weighted by molar-refractivity contribution is 7.99. The topological polar surface area (TPSA) is 46.2 Å². The molecule has 0 bridgehead atoms. The molecule has 0 saturated carbocycles. The van der Waals surface area contributed by atoms with Gasteiger partial charge in [-0.1, -0.05) is 42.5 Å². The average Bonchev–Trinajstić information content (AvgIpc) is 2.46. The van der Waals surface area contributed by atoms with Crippen molar-refractivity contribution in [2.24, 2.45) is 5.73 Å². The van der Waals surface area contributed by atoms with Gasteiger partial charge in [-0.25, -0.2) is 0 Å².